The second kappa shape index (κ2) is 9.34. The fraction of sp³-hybridized carbons (Fsp3) is 0.364. The zero-order valence-electron chi connectivity index (χ0n) is 17.6. The Hall–Kier alpha value is -3.13. The van der Waals surface area contributed by atoms with Gasteiger partial charge in [0.25, 0.3) is 5.91 Å². The molecule has 0 aliphatic heterocycles. The monoisotopic (exact) mass is 440 g/mol. The number of halogens is 1. The van der Waals surface area contributed by atoms with Crippen LogP contribution in [0.15, 0.2) is 36.9 Å². The third-order valence-corrected chi connectivity index (χ3v) is 5.95. The lowest BCUT2D eigenvalue weighted by Gasteiger charge is -2.25. The van der Waals surface area contributed by atoms with Gasteiger partial charge in [0.1, 0.15) is 5.75 Å². The van der Waals surface area contributed by atoms with Crippen LogP contribution in [-0.4, -0.2) is 39.8 Å². The summed E-state index contributed by atoms with van der Waals surface area (Å²) in [6.45, 7) is 0. The van der Waals surface area contributed by atoms with Gasteiger partial charge in [0.2, 0.25) is 5.95 Å². The molecule has 1 fully saturated rings. The first-order valence-electron chi connectivity index (χ1n) is 10.3. The summed E-state index contributed by atoms with van der Waals surface area (Å²) in [5.41, 5.74) is 3.20. The molecular formula is C22H25ClN6O2. The maximum atomic E-state index is 12.0. The molecule has 4 rings (SSSR count). The Balaban J connectivity index is 1.40. The van der Waals surface area contributed by atoms with Crippen molar-refractivity contribution in [3.63, 3.8) is 0 Å². The van der Waals surface area contributed by atoms with Gasteiger partial charge in [-0.25, -0.2) is 9.97 Å². The van der Waals surface area contributed by atoms with Crippen molar-refractivity contribution in [2.45, 2.75) is 38.1 Å². The van der Waals surface area contributed by atoms with Crippen LogP contribution in [0, 0.1) is 0 Å². The summed E-state index contributed by atoms with van der Waals surface area (Å²) in [5.74, 6) is 0.824. The average molecular weight is 441 g/mol. The van der Waals surface area contributed by atoms with Crippen molar-refractivity contribution >= 4 is 29.1 Å². The summed E-state index contributed by atoms with van der Waals surface area (Å²) in [4.78, 5) is 20.8. The third-order valence-electron chi connectivity index (χ3n) is 5.52. The first kappa shape index (κ1) is 21.1. The predicted molar refractivity (Wildman–Crippen MR) is 119 cm³/mol. The summed E-state index contributed by atoms with van der Waals surface area (Å²) < 4.78 is 7.33. The van der Waals surface area contributed by atoms with Crippen LogP contribution in [0.4, 0.5) is 11.6 Å². The second-order valence-electron chi connectivity index (χ2n) is 7.56. The van der Waals surface area contributed by atoms with Crippen LogP contribution in [0.2, 0.25) is 5.02 Å². The number of nitrogens with zero attached hydrogens (tertiary/aromatic N) is 4. The molecule has 1 aliphatic rings. The molecule has 1 amide bonds. The number of ether oxygens (including phenoxy) is 1. The quantitative estimate of drug-likeness (QED) is 0.550. The van der Waals surface area contributed by atoms with Crippen LogP contribution in [0.3, 0.4) is 0 Å². The zero-order chi connectivity index (χ0) is 21.8. The van der Waals surface area contributed by atoms with Crippen LogP contribution >= 0.6 is 11.6 Å². The molecule has 1 aliphatic carbocycles. The van der Waals surface area contributed by atoms with Gasteiger partial charge >= 0.3 is 0 Å². The Morgan fingerprint density at radius 1 is 1.23 bits per heavy atom. The molecule has 1 saturated carbocycles. The molecule has 0 unspecified atom stereocenters. The molecule has 1 aromatic carbocycles. The standard InChI is InChI=1S/C22H25ClN6O2/c1-24-21(30)16-8-15(20(23)19(9-16)31-2)7-6-14-10-25-22(26-11-14)28-17-12-27-29(13-17)18-4-3-5-18/h8-13,18H,3-7H2,1-2H3,(H,24,30)(H,25,26,28). The lowest BCUT2D eigenvalue weighted by Crippen LogP contribution is -2.18. The fourth-order valence-corrected chi connectivity index (χ4v) is 3.75. The maximum absolute atomic E-state index is 12.0. The van der Waals surface area contributed by atoms with Gasteiger partial charge in [-0.05, 0) is 55.4 Å². The van der Waals surface area contributed by atoms with Gasteiger partial charge in [-0.1, -0.05) is 11.6 Å². The number of anilines is 2. The van der Waals surface area contributed by atoms with E-state index in [9.17, 15) is 4.79 Å². The maximum Gasteiger partial charge on any atom is 0.251 e. The van der Waals surface area contributed by atoms with E-state index in [0.717, 1.165) is 16.8 Å². The molecule has 2 N–H and O–H groups in total. The van der Waals surface area contributed by atoms with E-state index in [-0.39, 0.29) is 5.91 Å². The van der Waals surface area contributed by atoms with E-state index < -0.39 is 0 Å². The Morgan fingerprint density at radius 3 is 2.65 bits per heavy atom. The number of carbonyl (C=O) groups is 1. The summed E-state index contributed by atoms with van der Waals surface area (Å²) in [7, 11) is 3.13. The van der Waals surface area contributed by atoms with Gasteiger partial charge in [-0.3, -0.25) is 9.48 Å². The Labute approximate surface area is 186 Å². The van der Waals surface area contributed by atoms with Gasteiger partial charge in [-0.15, -0.1) is 0 Å². The van der Waals surface area contributed by atoms with Crippen molar-refractivity contribution in [2.75, 3.05) is 19.5 Å². The number of aromatic nitrogens is 4. The number of aryl methyl sites for hydroxylation is 2. The van der Waals surface area contributed by atoms with Gasteiger partial charge in [0.05, 0.1) is 30.1 Å². The van der Waals surface area contributed by atoms with Gasteiger partial charge < -0.3 is 15.4 Å². The van der Waals surface area contributed by atoms with E-state index in [4.69, 9.17) is 16.3 Å². The lowest BCUT2D eigenvalue weighted by molar-refractivity contribution is 0.0962. The van der Waals surface area contributed by atoms with Crippen LogP contribution in [-0.2, 0) is 12.8 Å². The molecule has 31 heavy (non-hydrogen) atoms. The predicted octanol–water partition coefficient (Wildman–Crippen LogP) is 3.95. The molecule has 2 aromatic heterocycles. The number of nitrogens with one attached hydrogen (secondary N) is 2. The van der Waals surface area contributed by atoms with Crippen molar-refractivity contribution in [3.8, 4) is 5.75 Å². The topological polar surface area (TPSA) is 94.0 Å². The van der Waals surface area contributed by atoms with Crippen LogP contribution in [0.5, 0.6) is 5.75 Å². The van der Waals surface area contributed by atoms with E-state index in [0.29, 0.717) is 41.2 Å². The SMILES string of the molecule is CNC(=O)c1cc(CCc2cnc(Nc3cnn(C4CCC4)c3)nc2)c(Cl)c(OC)c1. The number of methoxy groups -OCH3 is 1. The highest BCUT2D eigenvalue weighted by Gasteiger charge is 2.20. The molecule has 0 saturated heterocycles. The van der Waals surface area contributed by atoms with Crippen molar-refractivity contribution in [2.24, 2.45) is 0 Å². The summed E-state index contributed by atoms with van der Waals surface area (Å²) >= 11 is 6.44. The highest BCUT2D eigenvalue weighted by molar-refractivity contribution is 6.33. The highest BCUT2D eigenvalue weighted by Crippen LogP contribution is 2.32. The number of amides is 1. The van der Waals surface area contributed by atoms with E-state index in [1.54, 1.807) is 37.8 Å². The summed E-state index contributed by atoms with van der Waals surface area (Å²) in [5, 5.41) is 10.7. The normalized spacial score (nSPS) is 13.5. The smallest absolute Gasteiger partial charge is 0.251 e. The average Bonchev–Trinajstić information content (AvgIpc) is 3.19. The van der Waals surface area contributed by atoms with E-state index in [2.05, 4.69) is 25.7 Å². The minimum absolute atomic E-state index is 0.185. The van der Waals surface area contributed by atoms with Crippen molar-refractivity contribution < 1.29 is 9.53 Å². The number of hydrogen-bond donors (Lipinski definition) is 2. The number of rotatable bonds is 8. The highest BCUT2D eigenvalue weighted by atomic mass is 35.5. The van der Waals surface area contributed by atoms with Crippen molar-refractivity contribution in [1.82, 2.24) is 25.1 Å². The zero-order valence-corrected chi connectivity index (χ0v) is 18.3. The van der Waals surface area contributed by atoms with Crippen LogP contribution in [0.1, 0.15) is 46.8 Å². The largest absolute Gasteiger partial charge is 0.495 e. The minimum atomic E-state index is -0.185. The first-order chi connectivity index (χ1) is 15.1. The molecule has 9 heteroatoms. The Morgan fingerprint density at radius 2 is 2.00 bits per heavy atom. The molecule has 0 atom stereocenters. The van der Waals surface area contributed by atoms with E-state index in [1.165, 1.54) is 26.4 Å². The van der Waals surface area contributed by atoms with Gasteiger partial charge in [0.15, 0.2) is 0 Å². The van der Waals surface area contributed by atoms with Crippen molar-refractivity contribution in [3.05, 3.63) is 58.6 Å². The van der Waals surface area contributed by atoms with Crippen LogP contribution < -0.4 is 15.4 Å². The lowest BCUT2D eigenvalue weighted by atomic mass is 9.93. The third kappa shape index (κ3) is 4.80. The molecule has 8 nitrogen and oxygen atoms in total. The molecule has 0 spiro atoms. The number of carbonyl (C=O) groups excluding carboxylic acids is 1. The fourth-order valence-electron chi connectivity index (χ4n) is 3.47. The minimum Gasteiger partial charge on any atom is -0.495 e. The Bertz CT molecular complexity index is 1060. The Kier molecular flexibility index (Phi) is 6.36. The molecule has 3 aromatic rings. The van der Waals surface area contributed by atoms with Crippen LogP contribution in [0.25, 0.3) is 0 Å². The van der Waals surface area contributed by atoms with E-state index in [1.807, 2.05) is 10.9 Å². The first-order valence-corrected chi connectivity index (χ1v) is 10.7. The number of hydrogen-bond acceptors (Lipinski definition) is 6. The number of benzene rings is 1. The second-order valence-corrected chi connectivity index (χ2v) is 7.94. The molecule has 0 radical (unpaired) electrons. The van der Waals surface area contributed by atoms with E-state index >= 15 is 0 Å². The molecule has 2 heterocycles. The molecular weight excluding hydrogens is 416 g/mol. The molecule has 0 bridgehead atoms. The molecule has 162 valence electrons. The summed E-state index contributed by atoms with van der Waals surface area (Å²) in [6, 6.07) is 3.95. The van der Waals surface area contributed by atoms with Gasteiger partial charge in [0, 0.05) is 31.2 Å². The summed E-state index contributed by atoms with van der Waals surface area (Å²) in [6.07, 6.45) is 12.3. The van der Waals surface area contributed by atoms with Crippen molar-refractivity contribution in [1.29, 1.82) is 0 Å². The van der Waals surface area contributed by atoms with Gasteiger partial charge in [-0.2, -0.15) is 5.10 Å².